The zero-order valence-electron chi connectivity index (χ0n) is 11.9. The van der Waals surface area contributed by atoms with Crippen LogP contribution in [0.15, 0.2) is 18.3 Å². The van der Waals surface area contributed by atoms with Gasteiger partial charge >= 0.3 is 0 Å². The number of aliphatic hydroxyl groups is 1. The highest BCUT2D eigenvalue weighted by atomic mass is 16.6. The Balaban J connectivity index is 2.06. The SMILES string of the molecule is Cn1cc2cc([N+](=O)[O-])c(N3CCCC(CO)C3)cc2n1. The lowest BCUT2D eigenvalue weighted by Crippen LogP contribution is -2.37. The number of nitro groups is 1. The zero-order chi connectivity index (χ0) is 15.0. The van der Waals surface area contributed by atoms with Crippen molar-refractivity contribution in [1.82, 2.24) is 9.78 Å². The first-order valence-corrected chi connectivity index (χ1v) is 7.06. The first-order valence-electron chi connectivity index (χ1n) is 7.06. The number of hydrogen-bond acceptors (Lipinski definition) is 5. The summed E-state index contributed by atoms with van der Waals surface area (Å²) < 4.78 is 1.66. The van der Waals surface area contributed by atoms with E-state index in [0.717, 1.165) is 30.3 Å². The molecule has 1 saturated heterocycles. The van der Waals surface area contributed by atoms with Crippen LogP contribution < -0.4 is 4.90 Å². The van der Waals surface area contributed by atoms with Crippen LogP contribution in [0.25, 0.3) is 10.9 Å². The third kappa shape index (κ3) is 2.56. The van der Waals surface area contributed by atoms with Gasteiger partial charge in [-0.2, -0.15) is 5.10 Å². The van der Waals surface area contributed by atoms with Crippen LogP contribution in [0.5, 0.6) is 0 Å². The molecule has 7 heteroatoms. The van der Waals surface area contributed by atoms with Crippen molar-refractivity contribution in [2.75, 3.05) is 24.6 Å². The van der Waals surface area contributed by atoms with E-state index in [1.165, 1.54) is 0 Å². The van der Waals surface area contributed by atoms with Crippen molar-refractivity contribution in [3.8, 4) is 0 Å². The van der Waals surface area contributed by atoms with Gasteiger partial charge in [0.05, 0.1) is 10.4 Å². The summed E-state index contributed by atoms with van der Waals surface area (Å²) in [5.74, 6) is 0.179. The summed E-state index contributed by atoms with van der Waals surface area (Å²) in [6.07, 6.45) is 3.67. The molecular formula is C14H18N4O3. The monoisotopic (exact) mass is 290 g/mol. The number of aromatic nitrogens is 2. The predicted molar refractivity (Wildman–Crippen MR) is 79.4 cm³/mol. The van der Waals surface area contributed by atoms with Crippen molar-refractivity contribution >= 4 is 22.3 Å². The number of rotatable bonds is 3. The van der Waals surface area contributed by atoms with Gasteiger partial charge in [-0.15, -0.1) is 0 Å². The summed E-state index contributed by atoms with van der Waals surface area (Å²) in [4.78, 5) is 13.0. The second-order valence-corrected chi connectivity index (χ2v) is 5.60. The molecule has 112 valence electrons. The highest BCUT2D eigenvalue weighted by molar-refractivity contribution is 5.87. The van der Waals surface area contributed by atoms with E-state index in [1.807, 2.05) is 4.90 Å². The molecule has 1 fully saturated rings. The average molecular weight is 290 g/mol. The molecule has 0 saturated carbocycles. The van der Waals surface area contributed by atoms with Crippen LogP contribution >= 0.6 is 0 Å². The summed E-state index contributed by atoms with van der Waals surface area (Å²) in [5.41, 5.74) is 1.46. The smallest absolute Gasteiger partial charge is 0.293 e. The Bertz CT molecular complexity index is 682. The standard InChI is InChI=1S/C14H18N4O3/c1-16-8-11-5-14(18(20)21)13(6-12(11)15-16)17-4-2-3-10(7-17)9-19/h5-6,8,10,19H,2-4,7,9H2,1H3. The molecule has 1 atom stereocenters. The van der Waals surface area contributed by atoms with E-state index in [-0.39, 0.29) is 23.1 Å². The summed E-state index contributed by atoms with van der Waals surface area (Å²) >= 11 is 0. The molecule has 0 aliphatic carbocycles. The quantitative estimate of drug-likeness (QED) is 0.687. The number of piperidine rings is 1. The van der Waals surface area contributed by atoms with Crippen molar-refractivity contribution in [2.24, 2.45) is 13.0 Å². The topological polar surface area (TPSA) is 84.4 Å². The van der Waals surface area contributed by atoms with Gasteiger partial charge in [0.2, 0.25) is 0 Å². The maximum absolute atomic E-state index is 11.4. The van der Waals surface area contributed by atoms with Gasteiger partial charge in [-0.3, -0.25) is 14.8 Å². The van der Waals surface area contributed by atoms with Crippen molar-refractivity contribution in [3.05, 3.63) is 28.4 Å². The van der Waals surface area contributed by atoms with Gasteiger partial charge in [-0.1, -0.05) is 0 Å². The van der Waals surface area contributed by atoms with Gasteiger partial charge in [0.1, 0.15) is 5.69 Å². The largest absolute Gasteiger partial charge is 0.396 e. The van der Waals surface area contributed by atoms with E-state index in [1.54, 1.807) is 30.1 Å². The average Bonchev–Trinajstić information content (AvgIpc) is 2.85. The summed E-state index contributed by atoms with van der Waals surface area (Å²) in [7, 11) is 1.80. The Labute approximate surface area is 121 Å². The zero-order valence-corrected chi connectivity index (χ0v) is 11.9. The van der Waals surface area contributed by atoms with Crippen LogP contribution in [-0.2, 0) is 7.05 Å². The van der Waals surface area contributed by atoms with Gasteiger partial charge in [-0.05, 0) is 24.8 Å². The lowest BCUT2D eigenvalue weighted by molar-refractivity contribution is -0.384. The fraction of sp³-hybridized carbons (Fsp3) is 0.500. The van der Waals surface area contributed by atoms with Crippen LogP contribution in [0.2, 0.25) is 0 Å². The molecule has 7 nitrogen and oxygen atoms in total. The first kappa shape index (κ1) is 13.8. The van der Waals surface area contributed by atoms with Crippen molar-refractivity contribution < 1.29 is 10.0 Å². The number of nitro benzene ring substituents is 1. The fourth-order valence-corrected chi connectivity index (χ4v) is 3.00. The van der Waals surface area contributed by atoms with E-state index < -0.39 is 0 Å². The van der Waals surface area contributed by atoms with E-state index in [4.69, 9.17) is 0 Å². The Morgan fingerprint density at radius 3 is 3.05 bits per heavy atom. The molecule has 2 heterocycles. The van der Waals surface area contributed by atoms with E-state index in [2.05, 4.69) is 5.10 Å². The summed E-state index contributed by atoms with van der Waals surface area (Å²) in [5, 5.41) is 25.8. The van der Waals surface area contributed by atoms with Crippen molar-refractivity contribution in [2.45, 2.75) is 12.8 Å². The normalized spacial score (nSPS) is 19.1. The second-order valence-electron chi connectivity index (χ2n) is 5.60. The number of fused-ring (bicyclic) bond motifs is 1. The van der Waals surface area contributed by atoms with Gasteiger partial charge in [-0.25, -0.2) is 0 Å². The molecule has 0 amide bonds. The molecule has 21 heavy (non-hydrogen) atoms. The molecule has 1 aliphatic heterocycles. The maximum Gasteiger partial charge on any atom is 0.293 e. The minimum Gasteiger partial charge on any atom is -0.396 e. The minimum atomic E-state index is -0.343. The van der Waals surface area contributed by atoms with Crippen LogP contribution in [0.3, 0.4) is 0 Å². The highest BCUT2D eigenvalue weighted by Crippen LogP contribution is 2.34. The van der Waals surface area contributed by atoms with Gasteiger partial charge in [0.15, 0.2) is 0 Å². The second kappa shape index (κ2) is 5.33. The molecule has 0 spiro atoms. The lowest BCUT2D eigenvalue weighted by Gasteiger charge is -2.33. The summed E-state index contributed by atoms with van der Waals surface area (Å²) in [6, 6.07) is 3.37. The first-order chi connectivity index (χ1) is 10.1. The third-order valence-electron chi connectivity index (χ3n) is 4.03. The molecule has 1 aliphatic rings. The molecule has 0 bridgehead atoms. The Kier molecular flexibility index (Phi) is 3.50. The number of aryl methyl sites for hydroxylation is 1. The third-order valence-corrected chi connectivity index (χ3v) is 4.03. The predicted octanol–water partition coefficient (Wildman–Crippen LogP) is 1.69. The maximum atomic E-state index is 11.4. The van der Waals surface area contributed by atoms with E-state index in [0.29, 0.717) is 12.2 Å². The molecule has 1 N–H and O–H groups in total. The number of aliphatic hydroxyl groups excluding tert-OH is 1. The molecule has 2 aromatic rings. The molecule has 0 radical (unpaired) electrons. The molecule has 1 aromatic heterocycles. The Morgan fingerprint density at radius 1 is 1.52 bits per heavy atom. The van der Waals surface area contributed by atoms with E-state index in [9.17, 15) is 15.2 Å². The number of benzene rings is 1. The van der Waals surface area contributed by atoms with Crippen LogP contribution in [-0.4, -0.2) is 39.5 Å². The molecule has 1 unspecified atom stereocenters. The van der Waals surface area contributed by atoms with Crippen LogP contribution in [0.4, 0.5) is 11.4 Å². The molecule has 3 rings (SSSR count). The van der Waals surface area contributed by atoms with Crippen LogP contribution in [0.1, 0.15) is 12.8 Å². The fourth-order valence-electron chi connectivity index (χ4n) is 3.00. The molecule has 1 aromatic carbocycles. The van der Waals surface area contributed by atoms with Gasteiger partial charge in [0, 0.05) is 44.4 Å². The number of nitrogens with zero attached hydrogens (tertiary/aromatic N) is 4. The van der Waals surface area contributed by atoms with Crippen LogP contribution in [0, 0.1) is 16.0 Å². The van der Waals surface area contributed by atoms with E-state index >= 15 is 0 Å². The molecular weight excluding hydrogens is 272 g/mol. The number of anilines is 1. The summed E-state index contributed by atoms with van der Waals surface area (Å²) in [6.45, 7) is 1.54. The Morgan fingerprint density at radius 2 is 2.33 bits per heavy atom. The number of hydrogen-bond donors (Lipinski definition) is 1. The Hall–Kier alpha value is -2.15. The van der Waals surface area contributed by atoms with Gasteiger partial charge in [0.25, 0.3) is 5.69 Å². The van der Waals surface area contributed by atoms with Gasteiger partial charge < -0.3 is 10.0 Å². The lowest BCUT2D eigenvalue weighted by atomic mass is 9.98. The minimum absolute atomic E-state index is 0.106. The highest BCUT2D eigenvalue weighted by Gasteiger charge is 2.26. The van der Waals surface area contributed by atoms with Crippen molar-refractivity contribution in [3.63, 3.8) is 0 Å². The van der Waals surface area contributed by atoms with Crippen molar-refractivity contribution in [1.29, 1.82) is 0 Å².